The second-order valence-electron chi connectivity index (χ2n) is 11.9. The van der Waals surface area contributed by atoms with Crippen LogP contribution >= 0.6 is 0 Å². The van der Waals surface area contributed by atoms with Crippen LogP contribution in [0.4, 0.5) is 13.2 Å². The Kier molecular flexibility index (Phi) is 7.83. The summed E-state index contributed by atoms with van der Waals surface area (Å²) in [6, 6.07) is 22.2. The smallest absolute Gasteiger partial charge is 0.393 e. The maximum atomic E-state index is 13.8. The minimum Gasteiger partial charge on any atom is -0.463 e. The molecule has 0 aromatic heterocycles. The second-order valence-corrected chi connectivity index (χ2v) is 11.9. The normalized spacial score (nSPS) is 12.4. The van der Waals surface area contributed by atoms with Crippen molar-refractivity contribution in [2.75, 3.05) is 6.61 Å². The number of aryl methyl sites for hydroxylation is 1. The monoisotopic (exact) mass is 556 g/mol. The summed E-state index contributed by atoms with van der Waals surface area (Å²) in [7, 11) is 0. The summed E-state index contributed by atoms with van der Waals surface area (Å²) < 4.78 is 46.3. The van der Waals surface area contributed by atoms with Crippen LogP contribution < -0.4 is 0 Å². The Morgan fingerprint density at radius 3 is 2.10 bits per heavy atom. The van der Waals surface area contributed by atoms with Crippen LogP contribution in [-0.4, -0.2) is 18.8 Å². The molecule has 0 heterocycles. The van der Waals surface area contributed by atoms with Crippen molar-refractivity contribution in [1.82, 2.24) is 0 Å². The number of hydrogen-bond donors (Lipinski definition) is 0. The van der Waals surface area contributed by atoms with Crippen molar-refractivity contribution < 1.29 is 22.7 Å². The van der Waals surface area contributed by atoms with E-state index in [2.05, 4.69) is 63.7 Å². The van der Waals surface area contributed by atoms with Gasteiger partial charge in [0.25, 0.3) is 0 Å². The zero-order chi connectivity index (χ0) is 29.4. The third-order valence-corrected chi connectivity index (χ3v) is 7.84. The number of rotatable bonds is 9. The van der Waals surface area contributed by atoms with Crippen molar-refractivity contribution >= 4 is 38.3 Å². The van der Waals surface area contributed by atoms with Crippen molar-refractivity contribution in [2.45, 2.75) is 64.5 Å². The van der Waals surface area contributed by atoms with E-state index in [1.807, 2.05) is 24.3 Å². The predicted molar refractivity (Wildman–Crippen MR) is 163 cm³/mol. The van der Waals surface area contributed by atoms with E-state index in [1.165, 1.54) is 11.1 Å². The van der Waals surface area contributed by atoms with E-state index in [1.54, 1.807) is 6.07 Å². The van der Waals surface area contributed by atoms with Gasteiger partial charge >= 0.3 is 12.1 Å². The molecular weight excluding hydrogens is 521 g/mol. The van der Waals surface area contributed by atoms with E-state index < -0.39 is 18.6 Å². The fourth-order valence-electron chi connectivity index (χ4n) is 5.71. The number of unbranched alkanes of at least 4 members (excludes halogenated alkanes) is 2. The largest absolute Gasteiger partial charge is 0.463 e. The lowest BCUT2D eigenvalue weighted by molar-refractivity contribution is -0.137. The Hall–Kier alpha value is -3.86. The molecular formula is C36H35F3O2. The number of benzene rings is 5. The SMILES string of the molecule is C=CC(=O)OCCCCCc1ccc(-c2cc(CC(F)(F)F)c3ccc4cc(C(C)(C)C)cc5ccc2c3c45)cc1. The zero-order valence-corrected chi connectivity index (χ0v) is 23.8. The van der Waals surface area contributed by atoms with Crippen LogP contribution in [0.5, 0.6) is 0 Å². The molecule has 5 rings (SSSR count). The van der Waals surface area contributed by atoms with Crippen LogP contribution in [0.25, 0.3) is 43.4 Å². The van der Waals surface area contributed by atoms with Crippen LogP contribution in [0.2, 0.25) is 0 Å². The van der Waals surface area contributed by atoms with E-state index >= 15 is 0 Å². The van der Waals surface area contributed by atoms with E-state index in [9.17, 15) is 18.0 Å². The van der Waals surface area contributed by atoms with Crippen molar-refractivity contribution in [3.05, 3.63) is 96.1 Å². The number of ether oxygens (including phenoxy) is 1. The van der Waals surface area contributed by atoms with Gasteiger partial charge in [0.15, 0.2) is 0 Å². The second kappa shape index (κ2) is 11.2. The molecule has 5 aromatic carbocycles. The highest BCUT2D eigenvalue weighted by Crippen LogP contribution is 2.43. The zero-order valence-electron chi connectivity index (χ0n) is 23.8. The minimum atomic E-state index is -4.31. The van der Waals surface area contributed by atoms with Crippen LogP contribution in [0.3, 0.4) is 0 Å². The summed E-state index contributed by atoms with van der Waals surface area (Å²) in [6.45, 7) is 10.3. The Morgan fingerprint density at radius 1 is 0.829 bits per heavy atom. The van der Waals surface area contributed by atoms with Gasteiger partial charge in [-0.15, -0.1) is 0 Å². The quantitative estimate of drug-likeness (QED) is 0.0781. The van der Waals surface area contributed by atoms with Gasteiger partial charge in [0, 0.05) is 6.08 Å². The highest BCUT2D eigenvalue weighted by atomic mass is 19.4. The molecule has 0 amide bonds. The van der Waals surface area contributed by atoms with Gasteiger partial charge in [-0.1, -0.05) is 88.0 Å². The average Bonchev–Trinajstić information content (AvgIpc) is 2.92. The first-order valence-electron chi connectivity index (χ1n) is 14.1. The lowest BCUT2D eigenvalue weighted by Gasteiger charge is -2.23. The fraction of sp³-hybridized carbons (Fsp3) is 0.306. The molecule has 212 valence electrons. The molecule has 0 aliphatic rings. The number of carbonyl (C=O) groups is 1. The van der Waals surface area contributed by atoms with E-state index in [-0.39, 0.29) is 5.41 Å². The maximum Gasteiger partial charge on any atom is 0.393 e. The Labute approximate surface area is 239 Å². The molecule has 5 aromatic rings. The summed E-state index contributed by atoms with van der Waals surface area (Å²) >= 11 is 0. The first kappa shape index (κ1) is 28.7. The van der Waals surface area contributed by atoms with Crippen LogP contribution in [0.1, 0.15) is 56.7 Å². The van der Waals surface area contributed by atoms with Gasteiger partial charge < -0.3 is 4.74 Å². The standard InChI is InChI=1S/C36H35F3O2/c1-5-32(40)41-18-8-6-7-9-23-10-12-24(13-11-23)31-21-27(22-36(37,38)39)29-16-14-25-19-28(35(2,3)4)20-26-15-17-30(31)34(29)33(25)26/h5,10-17,19-21H,1,6-9,18,22H2,2-4H3. The Balaban J connectivity index is 1.52. The van der Waals surface area contributed by atoms with Gasteiger partial charge in [0.2, 0.25) is 0 Å². The summed E-state index contributed by atoms with van der Waals surface area (Å²) in [5.74, 6) is -0.402. The maximum absolute atomic E-state index is 13.8. The molecule has 0 unspecified atom stereocenters. The lowest BCUT2D eigenvalue weighted by Crippen LogP contribution is -2.12. The van der Waals surface area contributed by atoms with Crippen molar-refractivity contribution in [3.63, 3.8) is 0 Å². The number of esters is 1. The summed E-state index contributed by atoms with van der Waals surface area (Å²) in [4.78, 5) is 11.1. The van der Waals surface area contributed by atoms with E-state index in [0.717, 1.165) is 69.8 Å². The molecule has 0 radical (unpaired) electrons. The number of alkyl halides is 3. The lowest BCUT2D eigenvalue weighted by atomic mass is 9.82. The summed E-state index contributed by atoms with van der Waals surface area (Å²) in [5, 5.41) is 5.66. The average molecular weight is 557 g/mol. The number of carbonyl (C=O) groups excluding carboxylic acids is 1. The Morgan fingerprint density at radius 2 is 1.49 bits per heavy atom. The third-order valence-electron chi connectivity index (χ3n) is 7.84. The van der Waals surface area contributed by atoms with Gasteiger partial charge in [0.1, 0.15) is 0 Å². The Bertz CT molecular complexity index is 1690. The minimum absolute atomic E-state index is 0.0445. The summed E-state index contributed by atoms with van der Waals surface area (Å²) in [6.07, 6.45) is -0.565. The van der Waals surface area contributed by atoms with Crippen LogP contribution in [0, 0.1) is 0 Å². The third kappa shape index (κ3) is 6.24. The first-order chi connectivity index (χ1) is 19.4. The van der Waals surface area contributed by atoms with E-state index in [4.69, 9.17) is 4.74 Å². The van der Waals surface area contributed by atoms with Crippen molar-refractivity contribution in [2.24, 2.45) is 0 Å². The summed E-state index contributed by atoms with van der Waals surface area (Å²) in [5.41, 5.74) is 4.35. The highest BCUT2D eigenvalue weighted by Gasteiger charge is 2.30. The van der Waals surface area contributed by atoms with Crippen molar-refractivity contribution in [1.29, 1.82) is 0 Å². The molecule has 0 aliphatic carbocycles. The van der Waals surface area contributed by atoms with Crippen LogP contribution in [-0.2, 0) is 27.8 Å². The van der Waals surface area contributed by atoms with Crippen LogP contribution in [0.15, 0.2) is 79.4 Å². The van der Waals surface area contributed by atoms with Gasteiger partial charge in [-0.25, -0.2) is 4.79 Å². The molecule has 2 nitrogen and oxygen atoms in total. The van der Waals surface area contributed by atoms with Crippen molar-refractivity contribution in [3.8, 4) is 11.1 Å². The van der Waals surface area contributed by atoms with Gasteiger partial charge in [0.05, 0.1) is 13.0 Å². The molecule has 0 spiro atoms. The van der Waals surface area contributed by atoms with Gasteiger partial charge in [-0.2, -0.15) is 13.2 Å². The number of halogens is 3. The van der Waals surface area contributed by atoms with Gasteiger partial charge in [-0.3, -0.25) is 0 Å². The molecule has 41 heavy (non-hydrogen) atoms. The van der Waals surface area contributed by atoms with Gasteiger partial charge in [-0.05, 0) is 97.3 Å². The molecule has 0 atom stereocenters. The molecule has 0 N–H and O–H groups in total. The first-order valence-corrected chi connectivity index (χ1v) is 14.1. The molecule has 5 heteroatoms. The topological polar surface area (TPSA) is 26.3 Å². The molecule has 0 saturated carbocycles. The molecule has 0 saturated heterocycles. The number of hydrogen-bond acceptors (Lipinski definition) is 2. The molecule has 0 fully saturated rings. The molecule has 0 bridgehead atoms. The molecule has 0 aliphatic heterocycles. The predicted octanol–water partition coefficient (Wildman–Crippen LogP) is 10.1. The highest BCUT2D eigenvalue weighted by molar-refractivity contribution is 6.26. The van der Waals surface area contributed by atoms with E-state index in [0.29, 0.717) is 17.6 Å². The fourth-order valence-corrected chi connectivity index (χ4v) is 5.71.